The van der Waals surface area contributed by atoms with Gasteiger partial charge in [0.2, 0.25) is 0 Å². The zero-order valence-corrected chi connectivity index (χ0v) is 13.6. The monoisotopic (exact) mass is 310 g/mol. The van der Waals surface area contributed by atoms with E-state index in [2.05, 4.69) is 65.2 Å². The third-order valence-electron chi connectivity index (χ3n) is 4.33. The van der Waals surface area contributed by atoms with E-state index < -0.39 is 0 Å². The van der Waals surface area contributed by atoms with Gasteiger partial charge in [0.25, 0.3) is 0 Å². The highest BCUT2D eigenvalue weighted by molar-refractivity contribution is 5.14. The molecule has 0 bridgehead atoms. The molecule has 3 rings (SSSR count). The van der Waals surface area contributed by atoms with Gasteiger partial charge in [-0.05, 0) is 24.0 Å². The maximum absolute atomic E-state index is 5.92. The van der Waals surface area contributed by atoms with Gasteiger partial charge in [0.05, 0.1) is 12.7 Å². The molecular formula is C20H26N2O. The van der Waals surface area contributed by atoms with Crippen LogP contribution in [-0.4, -0.2) is 25.2 Å². The van der Waals surface area contributed by atoms with E-state index in [-0.39, 0.29) is 0 Å². The summed E-state index contributed by atoms with van der Waals surface area (Å²) in [5.41, 5.74) is 2.60. The Morgan fingerprint density at radius 3 is 2.17 bits per heavy atom. The topological polar surface area (TPSA) is 33.3 Å². The largest absolute Gasteiger partial charge is 0.373 e. The Morgan fingerprint density at radius 2 is 1.48 bits per heavy atom. The van der Waals surface area contributed by atoms with Crippen LogP contribution in [0.2, 0.25) is 0 Å². The van der Waals surface area contributed by atoms with Crippen molar-refractivity contribution in [2.24, 2.45) is 0 Å². The van der Waals surface area contributed by atoms with Gasteiger partial charge in [-0.25, -0.2) is 0 Å². The average molecular weight is 310 g/mol. The fraction of sp³-hybridized carbons (Fsp3) is 0.400. The lowest BCUT2D eigenvalue weighted by atomic mass is 9.89. The molecule has 23 heavy (non-hydrogen) atoms. The number of nitrogens with one attached hydrogen (secondary N) is 2. The fourth-order valence-corrected chi connectivity index (χ4v) is 2.85. The SMILES string of the molecule is c1ccc(CNCCNC2CC(OCc3ccccc3)C2)cc1. The molecule has 3 heteroatoms. The first-order chi connectivity index (χ1) is 11.4. The van der Waals surface area contributed by atoms with Crippen LogP contribution in [-0.2, 0) is 17.9 Å². The minimum atomic E-state index is 0.421. The normalized spacial score (nSPS) is 20.2. The summed E-state index contributed by atoms with van der Waals surface area (Å²) >= 11 is 0. The van der Waals surface area contributed by atoms with Crippen LogP contribution in [0.1, 0.15) is 24.0 Å². The van der Waals surface area contributed by atoms with Crippen LogP contribution < -0.4 is 10.6 Å². The van der Waals surface area contributed by atoms with E-state index in [0.29, 0.717) is 12.1 Å². The number of rotatable bonds is 9. The van der Waals surface area contributed by atoms with Gasteiger partial charge in [0, 0.05) is 25.7 Å². The molecule has 1 aliphatic rings. The molecule has 1 aliphatic carbocycles. The smallest absolute Gasteiger partial charge is 0.0720 e. The van der Waals surface area contributed by atoms with Gasteiger partial charge in [0.1, 0.15) is 0 Å². The number of hydrogen-bond acceptors (Lipinski definition) is 3. The highest BCUT2D eigenvalue weighted by Gasteiger charge is 2.29. The van der Waals surface area contributed by atoms with E-state index in [1.807, 2.05) is 6.07 Å². The maximum atomic E-state index is 5.92. The standard InChI is InChI=1S/C20H26N2O/c1-3-7-17(8-4-1)15-21-11-12-22-19-13-20(14-19)23-16-18-9-5-2-6-10-18/h1-10,19-22H,11-16H2. The van der Waals surface area contributed by atoms with E-state index in [1.54, 1.807) is 0 Å². The van der Waals surface area contributed by atoms with Gasteiger partial charge in [0.15, 0.2) is 0 Å². The fourth-order valence-electron chi connectivity index (χ4n) is 2.85. The summed E-state index contributed by atoms with van der Waals surface area (Å²) in [6.07, 6.45) is 2.68. The molecule has 0 saturated heterocycles. The van der Waals surface area contributed by atoms with Crippen molar-refractivity contribution < 1.29 is 4.74 Å². The molecule has 0 amide bonds. The Morgan fingerprint density at radius 1 is 0.826 bits per heavy atom. The van der Waals surface area contributed by atoms with Gasteiger partial charge in [-0.2, -0.15) is 0 Å². The third kappa shape index (κ3) is 5.47. The van der Waals surface area contributed by atoms with Gasteiger partial charge < -0.3 is 15.4 Å². The van der Waals surface area contributed by atoms with Crippen LogP contribution in [0.3, 0.4) is 0 Å². The minimum absolute atomic E-state index is 0.421. The zero-order chi connectivity index (χ0) is 15.7. The second-order valence-corrected chi connectivity index (χ2v) is 6.20. The maximum Gasteiger partial charge on any atom is 0.0720 e. The average Bonchev–Trinajstić information content (AvgIpc) is 2.57. The second-order valence-electron chi connectivity index (χ2n) is 6.20. The van der Waals surface area contributed by atoms with E-state index in [9.17, 15) is 0 Å². The Hall–Kier alpha value is -1.68. The molecular weight excluding hydrogens is 284 g/mol. The van der Waals surface area contributed by atoms with Crippen LogP contribution >= 0.6 is 0 Å². The first-order valence-electron chi connectivity index (χ1n) is 8.54. The van der Waals surface area contributed by atoms with Crippen LogP contribution in [0.25, 0.3) is 0 Å². The Labute approximate surface area is 139 Å². The predicted octanol–water partition coefficient (Wildman–Crippen LogP) is 3.11. The number of ether oxygens (including phenoxy) is 1. The van der Waals surface area contributed by atoms with Gasteiger partial charge in [-0.1, -0.05) is 60.7 Å². The molecule has 0 atom stereocenters. The lowest BCUT2D eigenvalue weighted by molar-refractivity contribution is -0.0263. The van der Waals surface area contributed by atoms with E-state index in [4.69, 9.17) is 4.74 Å². The highest BCUT2D eigenvalue weighted by atomic mass is 16.5. The molecule has 0 aliphatic heterocycles. The van der Waals surface area contributed by atoms with Gasteiger partial charge in [-0.15, -0.1) is 0 Å². The lowest BCUT2D eigenvalue weighted by Gasteiger charge is -2.35. The van der Waals surface area contributed by atoms with Crippen molar-refractivity contribution in [3.63, 3.8) is 0 Å². The number of hydrogen-bond donors (Lipinski definition) is 2. The van der Waals surface area contributed by atoms with Crippen molar-refractivity contribution in [3.8, 4) is 0 Å². The molecule has 122 valence electrons. The molecule has 0 unspecified atom stereocenters. The van der Waals surface area contributed by atoms with Crippen LogP contribution in [0.5, 0.6) is 0 Å². The summed E-state index contributed by atoms with van der Waals surface area (Å²) in [5, 5.41) is 7.06. The molecule has 3 nitrogen and oxygen atoms in total. The second kappa shape index (κ2) is 8.82. The molecule has 2 aromatic rings. The van der Waals surface area contributed by atoms with Crippen molar-refractivity contribution in [2.45, 2.75) is 38.1 Å². The van der Waals surface area contributed by atoms with Crippen molar-refractivity contribution in [3.05, 3.63) is 71.8 Å². The Bertz CT molecular complexity index is 552. The molecule has 0 radical (unpaired) electrons. The third-order valence-corrected chi connectivity index (χ3v) is 4.33. The quantitative estimate of drug-likeness (QED) is 0.698. The molecule has 0 heterocycles. The van der Waals surface area contributed by atoms with Gasteiger partial charge >= 0.3 is 0 Å². The number of benzene rings is 2. The Balaban J connectivity index is 1.20. The minimum Gasteiger partial charge on any atom is -0.373 e. The Kier molecular flexibility index (Phi) is 6.21. The molecule has 2 N–H and O–H groups in total. The first kappa shape index (κ1) is 16.2. The van der Waals surface area contributed by atoms with Crippen molar-refractivity contribution >= 4 is 0 Å². The molecule has 0 aromatic heterocycles. The van der Waals surface area contributed by atoms with Crippen LogP contribution in [0.4, 0.5) is 0 Å². The van der Waals surface area contributed by atoms with Crippen LogP contribution in [0.15, 0.2) is 60.7 Å². The van der Waals surface area contributed by atoms with Crippen molar-refractivity contribution in [2.75, 3.05) is 13.1 Å². The summed E-state index contributed by atoms with van der Waals surface area (Å²) < 4.78 is 5.92. The summed E-state index contributed by atoms with van der Waals surface area (Å²) in [4.78, 5) is 0. The zero-order valence-electron chi connectivity index (χ0n) is 13.6. The van der Waals surface area contributed by atoms with Gasteiger partial charge in [-0.3, -0.25) is 0 Å². The summed E-state index contributed by atoms with van der Waals surface area (Å²) in [5.74, 6) is 0. The summed E-state index contributed by atoms with van der Waals surface area (Å²) in [6.45, 7) is 3.69. The van der Waals surface area contributed by atoms with Crippen molar-refractivity contribution in [1.29, 1.82) is 0 Å². The summed E-state index contributed by atoms with van der Waals surface area (Å²) in [6, 6.07) is 21.5. The van der Waals surface area contributed by atoms with Crippen molar-refractivity contribution in [1.82, 2.24) is 10.6 Å². The summed E-state index contributed by atoms with van der Waals surface area (Å²) in [7, 11) is 0. The molecule has 0 spiro atoms. The lowest BCUT2D eigenvalue weighted by Crippen LogP contribution is -2.47. The molecule has 1 saturated carbocycles. The molecule has 1 fully saturated rings. The van der Waals surface area contributed by atoms with Crippen LogP contribution in [0, 0.1) is 0 Å². The van der Waals surface area contributed by atoms with E-state index >= 15 is 0 Å². The highest BCUT2D eigenvalue weighted by Crippen LogP contribution is 2.24. The first-order valence-corrected chi connectivity index (χ1v) is 8.54. The van der Waals surface area contributed by atoms with E-state index in [1.165, 1.54) is 11.1 Å². The van der Waals surface area contributed by atoms with E-state index in [0.717, 1.165) is 39.1 Å². The predicted molar refractivity (Wildman–Crippen MR) is 94.2 cm³/mol. The molecule has 2 aromatic carbocycles.